The van der Waals surface area contributed by atoms with E-state index in [-0.39, 0.29) is 25.7 Å². The molecule has 0 aromatic rings. The zero-order chi connectivity index (χ0) is 65.0. The van der Waals surface area contributed by atoms with Crippen LogP contribution in [-0.4, -0.2) is 96.7 Å². The molecule has 0 amide bonds. The number of carbonyl (C=O) groups is 4. The van der Waals surface area contributed by atoms with Gasteiger partial charge in [-0.05, 0) is 37.5 Å². The molecule has 0 heterocycles. The third-order valence-corrected chi connectivity index (χ3v) is 17.9. The summed E-state index contributed by atoms with van der Waals surface area (Å²) >= 11 is 0. The third kappa shape index (κ3) is 62.8. The van der Waals surface area contributed by atoms with Crippen LogP contribution in [-0.2, 0) is 65.4 Å². The summed E-state index contributed by atoms with van der Waals surface area (Å²) in [5, 5.41) is 10.6. The highest BCUT2D eigenvalue weighted by Crippen LogP contribution is 2.45. The van der Waals surface area contributed by atoms with Gasteiger partial charge in [-0.3, -0.25) is 37.3 Å². The molecule has 0 spiro atoms. The Morgan fingerprint density at radius 2 is 0.523 bits per heavy atom. The van der Waals surface area contributed by atoms with E-state index in [1.165, 1.54) is 154 Å². The Hall–Kier alpha value is -1.94. The van der Waals surface area contributed by atoms with Crippen molar-refractivity contribution < 1.29 is 80.2 Å². The Morgan fingerprint density at radius 3 is 0.773 bits per heavy atom. The number of carbonyl (C=O) groups excluding carboxylic acids is 4. The van der Waals surface area contributed by atoms with Crippen molar-refractivity contribution >= 4 is 39.5 Å². The number of hydrogen-bond acceptors (Lipinski definition) is 15. The van der Waals surface area contributed by atoms with Crippen LogP contribution in [0.5, 0.6) is 0 Å². The minimum absolute atomic E-state index is 0.102. The number of unbranched alkanes of at least 4 members (excludes halogenated alkanes) is 38. The van der Waals surface area contributed by atoms with E-state index in [1.54, 1.807) is 0 Å². The van der Waals surface area contributed by atoms with E-state index in [4.69, 9.17) is 37.0 Å². The molecule has 0 aromatic heterocycles. The number of phosphoric acid groups is 2. The van der Waals surface area contributed by atoms with E-state index >= 15 is 0 Å². The predicted molar refractivity (Wildman–Crippen MR) is 354 cm³/mol. The molecule has 0 saturated carbocycles. The predicted octanol–water partition coefficient (Wildman–Crippen LogP) is 19.6. The number of ether oxygens (including phenoxy) is 4. The van der Waals surface area contributed by atoms with Crippen molar-refractivity contribution in [2.45, 2.75) is 368 Å². The van der Waals surface area contributed by atoms with Crippen LogP contribution < -0.4 is 0 Å². The first-order chi connectivity index (χ1) is 42.4. The Kier molecular flexibility index (Phi) is 59.9. The van der Waals surface area contributed by atoms with Crippen molar-refractivity contribution in [2.24, 2.45) is 11.8 Å². The Morgan fingerprint density at radius 1 is 0.307 bits per heavy atom. The largest absolute Gasteiger partial charge is 0.472 e. The molecule has 5 atom stereocenters. The second-order valence-corrected chi connectivity index (χ2v) is 28.8. The normalized spacial score (nSPS) is 14.2. The molecule has 522 valence electrons. The molecule has 0 radical (unpaired) electrons. The van der Waals surface area contributed by atoms with Gasteiger partial charge < -0.3 is 33.8 Å². The fraction of sp³-hybridized carbons (Fsp3) is 0.942. The molecule has 0 saturated heterocycles. The average molecular weight is 1300 g/mol. The van der Waals surface area contributed by atoms with Crippen LogP contribution in [0.3, 0.4) is 0 Å². The van der Waals surface area contributed by atoms with Crippen molar-refractivity contribution in [3.63, 3.8) is 0 Å². The molecule has 0 aliphatic rings. The van der Waals surface area contributed by atoms with Gasteiger partial charge in [0.05, 0.1) is 26.4 Å². The van der Waals surface area contributed by atoms with Gasteiger partial charge in [0.1, 0.15) is 19.3 Å². The van der Waals surface area contributed by atoms with Gasteiger partial charge in [-0.2, -0.15) is 0 Å². The SMILES string of the molecule is CCCCCCCCCCCCCCCCCCCC(=O)O[C@H](COC(=O)CCCCCCCCCCCCCCC(C)C)COP(=O)(O)OC[C@@H](O)COP(=O)(O)OC[C@@H](COC(=O)CCCCCCCCC)OC(=O)CCCCCCCCC(C)C. The van der Waals surface area contributed by atoms with Crippen LogP contribution in [0.1, 0.15) is 350 Å². The summed E-state index contributed by atoms with van der Waals surface area (Å²) in [5.74, 6) is -0.682. The first-order valence-corrected chi connectivity index (χ1v) is 39.0. The molecule has 19 heteroatoms. The topological polar surface area (TPSA) is 237 Å². The summed E-state index contributed by atoms with van der Waals surface area (Å²) in [6.45, 7) is 9.42. The van der Waals surface area contributed by atoms with Gasteiger partial charge in [0.2, 0.25) is 0 Å². The monoisotopic (exact) mass is 1300 g/mol. The molecular weight excluding hydrogens is 1160 g/mol. The van der Waals surface area contributed by atoms with Crippen LogP contribution in [0.2, 0.25) is 0 Å². The molecule has 0 aliphatic carbocycles. The standard InChI is InChI=1S/C69H134O17P2/c1-7-9-11-13-15-16-17-18-19-20-21-22-27-30-34-41-47-53-68(73)85-64(58-80-67(72)52-46-40-33-29-26-24-23-25-28-32-37-43-49-61(3)4)59-83-87(75,76)81-55-63(70)56-82-88(77,78)84-60-65(57-79-66(71)51-45-39-31-14-12-10-8-2)86-69(74)54-48-42-36-35-38-44-50-62(5)6/h61-65,70H,7-60H2,1-6H3,(H,75,76)(H,77,78)/t63-,64-,65-/m1/s1. The number of aliphatic hydroxyl groups excluding tert-OH is 1. The molecule has 3 N–H and O–H groups in total. The molecule has 17 nitrogen and oxygen atoms in total. The maximum absolute atomic E-state index is 13.0. The highest BCUT2D eigenvalue weighted by atomic mass is 31.2. The van der Waals surface area contributed by atoms with E-state index in [0.29, 0.717) is 31.6 Å². The van der Waals surface area contributed by atoms with Gasteiger partial charge in [-0.25, -0.2) is 9.13 Å². The number of esters is 4. The minimum atomic E-state index is -4.95. The summed E-state index contributed by atoms with van der Waals surface area (Å²) < 4.78 is 68.1. The van der Waals surface area contributed by atoms with Gasteiger partial charge in [-0.1, -0.05) is 298 Å². The van der Waals surface area contributed by atoms with Gasteiger partial charge >= 0.3 is 39.5 Å². The van der Waals surface area contributed by atoms with Gasteiger partial charge in [0.25, 0.3) is 0 Å². The summed E-state index contributed by atoms with van der Waals surface area (Å²) in [4.78, 5) is 72.3. The lowest BCUT2D eigenvalue weighted by atomic mass is 10.0. The van der Waals surface area contributed by atoms with E-state index in [0.717, 1.165) is 109 Å². The lowest BCUT2D eigenvalue weighted by molar-refractivity contribution is -0.161. The van der Waals surface area contributed by atoms with Crippen LogP contribution in [0, 0.1) is 11.8 Å². The van der Waals surface area contributed by atoms with E-state index in [1.807, 2.05) is 0 Å². The van der Waals surface area contributed by atoms with Crippen LogP contribution in [0.25, 0.3) is 0 Å². The number of rotatable bonds is 68. The van der Waals surface area contributed by atoms with Gasteiger partial charge in [-0.15, -0.1) is 0 Å². The highest BCUT2D eigenvalue weighted by Gasteiger charge is 2.30. The average Bonchev–Trinajstić information content (AvgIpc) is 3.69. The Balaban J connectivity index is 5.19. The van der Waals surface area contributed by atoms with E-state index < -0.39 is 97.5 Å². The zero-order valence-electron chi connectivity index (χ0n) is 57.0. The number of hydrogen-bond donors (Lipinski definition) is 3. The van der Waals surface area contributed by atoms with Crippen molar-refractivity contribution in [1.29, 1.82) is 0 Å². The van der Waals surface area contributed by atoms with Crippen molar-refractivity contribution in [1.82, 2.24) is 0 Å². The van der Waals surface area contributed by atoms with Crippen molar-refractivity contribution in [3.8, 4) is 0 Å². The smallest absolute Gasteiger partial charge is 0.462 e. The van der Waals surface area contributed by atoms with Crippen LogP contribution >= 0.6 is 15.6 Å². The number of aliphatic hydroxyl groups is 1. The summed E-state index contributed by atoms with van der Waals surface area (Å²) in [7, 11) is -9.89. The fourth-order valence-electron chi connectivity index (χ4n) is 10.4. The van der Waals surface area contributed by atoms with Gasteiger partial charge in [0.15, 0.2) is 12.2 Å². The van der Waals surface area contributed by atoms with Crippen molar-refractivity contribution in [3.05, 3.63) is 0 Å². The second kappa shape index (κ2) is 61.3. The zero-order valence-corrected chi connectivity index (χ0v) is 58.8. The lowest BCUT2D eigenvalue weighted by Gasteiger charge is -2.21. The van der Waals surface area contributed by atoms with Gasteiger partial charge in [0, 0.05) is 25.7 Å². The molecular formula is C69H134O17P2. The number of phosphoric ester groups is 2. The molecule has 0 aliphatic heterocycles. The Labute approximate surface area is 537 Å². The molecule has 0 aromatic carbocycles. The van der Waals surface area contributed by atoms with Crippen LogP contribution in [0.15, 0.2) is 0 Å². The highest BCUT2D eigenvalue weighted by molar-refractivity contribution is 7.47. The van der Waals surface area contributed by atoms with E-state index in [2.05, 4.69) is 41.5 Å². The summed E-state index contributed by atoms with van der Waals surface area (Å²) in [6.07, 6.45) is 46.2. The first kappa shape index (κ1) is 86.1. The molecule has 2 unspecified atom stereocenters. The molecule has 0 bridgehead atoms. The Bertz CT molecular complexity index is 1720. The van der Waals surface area contributed by atoms with Crippen molar-refractivity contribution in [2.75, 3.05) is 39.6 Å². The molecule has 0 rings (SSSR count). The fourth-order valence-corrected chi connectivity index (χ4v) is 12.0. The lowest BCUT2D eigenvalue weighted by Crippen LogP contribution is -2.30. The quantitative estimate of drug-likeness (QED) is 0.0222. The summed E-state index contributed by atoms with van der Waals surface area (Å²) in [5.41, 5.74) is 0. The van der Waals surface area contributed by atoms with E-state index in [9.17, 15) is 43.2 Å². The maximum Gasteiger partial charge on any atom is 0.472 e. The minimum Gasteiger partial charge on any atom is -0.462 e. The van der Waals surface area contributed by atoms with Crippen LogP contribution in [0.4, 0.5) is 0 Å². The molecule has 0 fully saturated rings. The summed E-state index contributed by atoms with van der Waals surface area (Å²) in [6, 6.07) is 0. The second-order valence-electron chi connectivity index (χ2n) is 25.9. The maximum atomic E-state index is 13.0. The molecule has 88 heavy (non-hydrogen) atoms. The third-order valence-electron chi connectivity index (χ3n) is 16.0. The first-order valence-electron chi connectivity index (χ1n) is 36.0.